The molecule has 0 spiro atoms. The molecule has 0 saturated carbocycles. The first-order valence-corrected chi connectivity index (χ1v) is 4.88. The lowest BCUT2D eigenvalue weighted by molar-refractivity contribution is -0.145. The van der Waals surface area contributed by atoms with E-state index in [2.05, 4.69) is 0 Å². The number of aliphatic hydroxyl groups excluding tert-OH is 1. The first-order valence-electron chi connectivity index (χ1n) is 4.88. The Bertz CT molecular complexity index is 321. The van der Waals surface area contributed by atoms with Crippen molar-refractivity contribution in [2.75, 3.05) is 0 Å². The Balaban J connectivity index is 4.95. The monoisotopic (exact) mass is 245 g/mol. The molecule has 1 atom stereocenters. The molecular formula is C10H15NO6. The van der Waals surface area contributed by atoms with Gasteiger partial charge in [0.1, 0.15) is 11.8 Å². The Kier molecular flexibility index (Phi) is 5.90. The Morgan fingerprint density at radius 1 is 1.24 bits per heavy atom. The molecule has 0 saturated heterocycles. The quantitative estimate of drug-likeness (QED) is 0.196. The Morgan fingerprint density at radius 2 is 1.76 bits per heavy atom. The summed E-state index contributed by atoms with van der Waals surface area (Å²) in [5.74, 6) is -3.52. The van der Waals surface area contributed by atoms with Crippen molar-refractivity contribution in [2.24, 2.45) is 0 Å². The molecule has 1 unspecified atom stereocenters. The fraction of sp³-hybridized carbons (Fsp3) is 0.500. The van der Waals surface area contributed by atoms with Crippen molar-refractivity contribution < 1.29 is 29.3 Å². The molecule has 3 N–H and O–H groups in total. The van der Waals surface area contributed by atoms with Crippen LogP contribution in [0.25, 0.3) is 0 Å². The fourth-order valence-corrected chi connectivity index (χ4v) is 0.886. The van der Waals surface area contributed by atoms with E-state index in [0.29, 0.717) is 6.08 Å². The predicted molar refractivity (Wildman–Crippen MR) is 56.8 cm³/mol. The van der Waals surface area contributed by atoms with Crippen LogP contribution in [-0.2, 0) is 19.1 Å². The van der Waals surface area contributed by atoms with Crippen molar-refractivity contribution in [3.05, 3.63) is 11.6 Å². The minimum Gasteiger partial charge on any atom is -0.478 e. The van der Waals surface area contributed by atoms with E-state index >= 15 is 0 Å². The zero-order chi connectivity index (χ0) is 13.6. The number of carboxylic acid groups (broad SMARTS) is 1. The minimum atomic E-state index is -1.46. The Labute approximate surface area is 98.1 Å². The number of hydrogen-bond acceptors (Lipinski definition) is 5. The van der Waals surface area contributed by atoms with Crippen LogP contribution in [0.1, 0.15) is 20.8 Å². The first kappa shape index (κ1) is 15.1. The van der Waals surface area contributed by atoms with Crippen LogP contribution in [0.15, 0.2) is 11.6 Å². The normalized spacial score (nSPS) is 13.1. The van der Waals surface area contributed by atoms with Crippen molar-refractivity contribution in [2.45, 2.75) is 33.1 Å². The number of aliphatic carboxylic acids is 1. The average Bonchev–Trinajstić information content (AvgIpc) is 2.11. The lowest BCUT2D eigenvalue weighted by Gasteiger charge is -2.12. The lowest BCUT2D eigenvalue weighted by atomic mass is 10.2. The standard InChI is InChI=1S/C10H15NO6/c1-5(2)17-10(16)7(4-8(13)14)9(15)11-6(3)12/h4-6,12H,1-3H3,(H,11,15)(H,13,14). The maximum absolute atomic E-state index is 11.4. The number of hydrogen-bond donors (Lipinski definition) is 3. The van der Waals surface area contributed by atoms with E-state index in [4.69, 9.17) is 14.9 Å². The number of carbonyl (C=O) groups is 3. The molecule has 0 aliphatic rings. The van der Waals surface area contributed by atoms with E-state index in [1.54, 1.807) is 13.8 Å². The summed E-state index contributed by atoms with van der Waals surface area (Å²) in [5.41, 5.74) is -0.674. The van der Waals surface area contributed by atoms with E-state index in [-0.39, 0.29) is 0 Å². The summed E-state index contributed by atoms with van der Waals surface area (Å²) >= 11 is 0. The lowest BCUT2D eigenvalue weighted by Crippen LogP contribution is -2.36. The molecule has 7 nitrogen and oxygen atoms in total. The third-order valence-corrected chi connectivity index (χ3v) is 1.42. The zero-order valence-electron chi connectivity index (χ0n) is 9.76. The molecule has 0 rings (SSSR count). The maximum atomic E-state index is 11.4. The summed E-state index contributed by atoms with van der Waals surface area (Å²) in [6.45, 7) is 4.37. The third kappa shape index (κ3) is 6.31. The first-order chi connectivity index (χ1) is 7.73. The molecule has 0 aliphatic heterocycles. The van der Waals surface area contributed by atoms with Gasteiger partial charge in [-0.1, -0.05) is 0 Å². The minimum absolute atomic E-state index is 0.433. The average molecular weight is 245 g/mol. The van der Waals surface area contributed by atoms with Crippen LogP contribution < -0.4 is 5.32 Å². The molecule has 0 heterocycles. The van der Waals surface area contributed by atoms with E-state index in [9.17, 15) is 14.4 Å². The number of carbonyl (C=O) groups excluding carboxylic acids is 2. The summed E-state index contributed by atoms with van der Waals surface area (Å²) in [7, 11) is 0. The van der Waals surface area contributed by atoms with Gasteiger partial charge in [-0.3, -0.25) is 4.79 Å². The molecule has 1 amide bonds. The number of carboxylic acids is 1. The second kappa shape index (κ2) is 6.64. The van der Waals surface area contributed by atoms with Crippen molar-refractivity contribution in [3.63, 3.8) is 0 Å². The van der Waals surface area contributed by atoms with E-state index in [0.717, 1.165) is 0 Å². The highest BCUT2D eigenvalue weighted by atomic mass is 16.5. The third-order valence-electron chi connectivity index (χ3n) is 1.42. The number of rotatable bonds is 5. The van der Waals surface area contributed by atoms with Gasteiger partial charge in [0.2, 0.25) is 0 Å². The van der Waals surface area contributed by atoms with Gasteiger partial charge in [-0.2, -0.15) is 0 Å². The molecule has 0 aromatic carbocycles. The van der Waals surface area contributed by atoms with Gasteiger partial charge in [-0.25, -0.2) is 9.59 Å². The van der Waals surface area contributed by atoms with Crippen LogP contribution in [0.2, 0.25) is 0 Å². The SMILES string of the molecule is CC(O)NC(=O)C(=CC(=O)O)C(=O)OC(C)C. The Morgan fingerprint density at radius 3 is 2.12 bits per heavy atom. The van der Waals surface area contributed by atoms with Crippen molar-refractivity contribution in [1.82, 2.24) is 5.32 Å². The molecule has 0 aliphatic carbocycles. The van der Waals surface area contributed by atoms with Gasteiger partial charge < -0.3 is 20.3 Å². The summed E-state index contributed by atoms with van der Waals surface area (Å²) in [6, 6.07) is 0. The second-order valence-corrected chi connectivity index (χ2v) is 3.50. The van der Waals surface area contributed by atoms with Crippen LogP contribution in [0.5, 0.6) is 0 Å². The fourth-order valence-electron chi connectivity index (χ4n) is 0.886. The molecule has 96 valence electrons. The molecule has 0 radical (unpaired) electrons. The Hall–Kier alpha value is -1.89. The molecule has 0 aromatic rings. The predicted octanol–water partition coefficient (Wildman–Crippen LogP) is -0.596. The van der Waals surface area contributed by atoms with Crippen molar-refractivity contribution in [1.29, 1.82) is 0 Å². The van der Waals surface area contributed by atoms with Gasteiger partial charge in [0.25, 0.3) is 5.91 Å². The largest absolute Gasteiger partial charge is 0.478 e. The van der Waals surface area contributed by atoms with Crippen LogP contribution >= 0.6 is 0 Å². The number of ether oxygens (including phenoxy) is 1. The van der Waals surface area contributed by atoms with E-state index < -0.39 is 35.8 Å². The van der Waals surface area contributed by atoms with Crippen molar-refractivity contribution >= 4 is 17.8 Å². The maximum Gasteiger partial charge on any atom is 0.344 e. The zero-order valence-corrected chi connectivity index (χ0v) is 9.76. The summed E-state index contributed by atoms with van der Waals surface area (Å²) in [4.78, 5) is 33.3. The smallest absolute Gasteiger partial charge is 0.344 e. The van der Waals surface area contributed by atoms with E-state index in [1.165, 1.54) is 6.92 Å². The van der Waals surface area contributed by atoms with Gasteiger partial charge in [-0.15, -0.1) is 0 Å². The molecular weight excluding hydrogens is 230 g/mol. The number of aliphatic hydroxyl groups is 1. The highest BCUT2D eigenvalue weighted by molar-refractivity contribution is 6.19. The summed E-state index contributed by atoms with van der Waals surface area (Å²) < 4.78 is 4.70. The van der Waals surface area contributed by atoms with E-state index in [1.807, 2.05) is 5.32 Å². The molecule has 17 heavy (non-hydrogen) atoms. The van der Waals surface area contributed by atoms with Gasteiger partial charge in [0.15, 0.2) is 0 Å². The van der Waals surface area contributed by atoms with Crippen LogP contribution in [-0.4, -0.2) is 40.4 Å². The van der Waals surface area contributed by atoms with Gasteiger partial charge in [-0.05, 0) is 20.8 Å². The molecule has 0 fully saturated rings. The van der Waals surface area contributed by atoms with Gasteiger partial charge >= 0.3 is 11.9 Å². The van der Waals surface area contributed by atoms with Crippen molar-refractivity contribution in [3.8, 4) is 0 Å². The topological polar surface area (TPSA) is 113 Å². The number of amides is 1. The second-order valence-electron chi connectivity index (χ2n) is 3.50. The summed E-state index contributed by atoms with van der Waals surface area (Å²) in [5, 5.41) is 19.4. The molecule has 7 heteroatoms. The number of esters is 1. The molecule has 0 bridgehead atoms. The van der Waals surface area contributed by atoms with Crippen LogP contribution in [0.4, 0.5) is 0 Å². The van der Waals surface area contributed by atoms with Crippen LogP contribution in [0, 0.1) is 0 Å². The molecule has 0 aromatic heterocycles. The highest BCUT2D eigenvalue weighted by Gasteiger charge is 2.22. The summed E-state index contributed by atoms with van der Waals surface area (Å²) in [6.07, 6.45) is -1.26. The van der Waals surface area contributed by atoms with Crippen LogP contribution in [0.3, 0.4) is 0 Å². The number of nitrogens with one attached hydrogen (secondary N) is 1. The highest BCUT2D eigenvalue weighted by Crippen LogP contribution is 2.02. The van der Waals surface area contributed by atoms with Gasteiger partial charge in [0.05, 0.1) is 6.10 Å². The van der Waals surface area contributed by atoms with Gasteiger partial charge in [0, 0.05) is 6.08 Å².